The minimum Gasteiger partial charge on any atom is -0.497 e. The monoisotopic (exact) mass is 363 g/mol. The molecule has 0 spiro atoms. The molecule has 140 valence electrons. The predicted octanol–water partition coefficient (Wildman–Crippen LogP) is 4.34. The molecule has 0 saturated carbocycles. The van der Waals surface area contributed by atoms with E-state index in [2.05, 4.69) is 15.6 Å². The van der Waals surface area contributed by atoms with Crippen LogP contribution in [-0.4, -0.2) is 34.0 Å². The summed E-state index contributed by atoms with van der Waals surface area (Å²) in [5.74, 6) is 0.806. The number of fused-ring (bicyclic) bond motifs is 1. The van der Waals surface area contributed by atoms with Crippen LogP contribution in [0.5, 0.6) is 5.75 Å². The van der Waals surface area contributed by atoms with Gasteiger partial charge < -0.3 is 14.2 Å². The first-order valence-electron chi connectivity index (χ1n) is 9.54. The van der Waals surface area contributed by atoms with Crippen molar-refractivity contribution in [2.45, 2.75) is 31.7 Å². The highest BCUT2D eigenvalue weighted by atomic mass is 16.5. The van der Waals surface area contributed by atoms with Gasteiger partial charge in [-0.05, 0) is 49.2 Å². The van der Waals surface area contributed by atoms with Crippen LogP contribution in [-0.2, 0) is 7.05 Å². The first kappa shape index (κ1) is 17.6. The van der Waals surface area contributed by atoms with Gasteiger partial charge in [-0.25, -0.2) is 4.98 Å². The van der Waals surface area contributed by atoms with Crippen LogP contribution in [0.25, 0.3) is 10.9 Å². The predicted molar refractivity (Wildman–Crippen MR) is 106 cm³/mol. The van der Waals surface area contributed by atoms with Crippen molar-refractivity contribution in [1.29, 1.82) is 0 Å². The summed E-state index contributed by atoms with van der Waals surface area (Å²) in [6.07, 6.45) is 6.39. The molecule has 5 nitrogen and oxygen atoms in total. The number of carbonyl (C=O) groups is 1. The number of rotatable bonds is 3. The minimum atomic E-state index is 0.0146. The maximum atomic E-state index is 13.4. The summed E-state index contributed by atoms with van der Waals surface area (Å²) >= 11 is 0. The summed E-state index contributed by atoms with van der Waals surface area (Å²) in [6, 6.07) is 13.8. The molecule has 2 aromatic heterocycles. The molecule has 5 heteroatoms. The Bertz CT molecular complexity index is 963. The third-order valence-corrected chi connectivity index (χ3v) is 5.45. The van der Waals surface area contributed by atoms with Crippen LogP contribution in [0, 0.1) is 0 Å². The highest BCUT2D eigenvalue weighted by Gasteiger charge is 2.29. The van der Waals surface area contributed by atoms with Crippen LogP contribution < -0.4 is 4.74 Å². The molecular formula is C22H25N3O2. The molecule has 3 heterocycles. The number of nitrogens with zero attached hydrogens (tertiary/aromatic N) is 3. The van der Waals surface area contributed by atoms with Gasteiger partial charge in [0.1, 0.15) is 11.4 Å². The van der Waals surface area contributed by atoms with Gasteiger partial charge in [0.25, 0.3) is 5.91 Å². The summed E-state index contributed by atoms with van der Waals surface area (Å²) in [5, 5.41) is 0.973. The molecule has 1 saturated heterocycles. The highest BCUT2D eigenvalue weighted by Crippen LogP contribution is 2.31. The van der Waals surface area contributed by atoms with Crippen LogP contribution in [0.1, 0.15) is 47.9 Å². The number of amides is 1. The largest absolute Gasteiger partial charge is 0.497 e. The second-order valence-corrected chi connectivity index (χ2v) is 7.16. The van der Waals surface area contributed by atoms with E-state index < -0.39 is 0 Å². The molecule has 27 heavy (non-hydrogen) atoms. The van der Waals surface area contributed by atoms with E-state index in [9.17, 15) is 4.79 Å². The second-order valence-electron chi connectivity index (χ2n) is 7.16. The standard InChI is InChI=1S/C22H25N3O2/c1-24-13-6-8-20(24)21-7-4-3-5-14-25(21)22(26)19-11-9-16-15-17(27-2)10-12-18(16)23-19/h6,8-13,15,21H,3-5,7,14H2,1-2H3. The summed E-state index contributed by atoms with van der Waals surface area (Å²) < 4.78 is 7.39. The Labute approximate surface area is 159 Å². The lowest BCUT2D eigenvalue weighted by Crippen LogP contribution is -2.36. The van der Waals surface area contributed by atoms with E-state index in [0.29, 0.717) is 5.69 Å². The summed E-state index contributed by atoms with van der Waals surface area (Å²) in [6.45, 7) is 0.775. The van der Waals surface area contributed by atoms with Gasteiger partial charge in [-0.15, -0.1) is 0 Å². The van der Waals surface area contributed by atoms with E-state index in [1.54, 1.807) is 7.11 Å². The number of likely N-dealkylation sites (tertiary alicyclic amines) is 1. The van der Waals surface area contributed by atoms with Crippen molar-refractivity contribution < 1.29 is 9.53 Å². The Hall–Kier alpha value is -2.82. The molecule has 0 radical (unpaired) electrons. The van der Waals surface area contributed by atoms with Crippen molar-refractivity contribution in [3.8, 4) is 5.75 Å². The second kappa shape index (κ2) is 7.43. The number of methoxy groups -OCH3 is 1. The SMILES string of the molecule is COc1ccc2nc(C(=O)N3CCCCCC3c3cccn3C)ccc2c1. The lowest BCUT2D eigenvalue weighted by atomic mass is 10.1. The summed E-state index contributed by atoms with van der Waals surface area (Å²) in [7, 11) is 3.69. The van der Waals surface area contributed by atoms with Gasteiger partial charge in [-0.1, -0.05) is 18.9 Å². The number of benzene rings is 1. The van der Waals surface area contributed by atoms with Crippen LogP contribution in [0.15, 0.2) is 48.7 Å². The zero-order valence-corrected chi connectivity index (χ0v) is 15.9. The molecule has 0 bridgehead atoms. The average molecular weight is 363 g/mol. The number of pyridine rings is 1. The summed E-state index contributed by atoms with van der Waals surface area (Å²) in [4.78, 5) is 20.0. The van der Waals surface area contributed by atoms with Crippen molar-refractivity contribution >= 4 is 16.8 Å². The molecule has 1 fully saturated rings. The van der Waals surface area contributed by atoms with Gasteiger partial charge in [0.15, 0.2) is 0 Å². The Balaban J connectivity index is 1.68. The van der Waals surface area contributed by atoms with Crippen molar-refractivity contribution in [3.63, 3.8) is 0 Å². The van der Waals surface area contributed by atoms with Gasteiger partial charge in [-0.2, -0.15) is 0 Å². The molecular weight excluding hydrogens is 338 g/mol. The van der Waals surface area contributed by atoms with Gasteiger partial charge in [0.05, 0.1) is 18.7 Å². The van der Waals surface area contributed by atoms with E-state index in [1.165, 1.54) is 5.69 Å². The van der Waals surface area contributed by atoms with Crippen molar-refractivity contribution in [1.82, 2.24) is 14.5 Å². The molecule has 1 aliphatic rings. The first-order chi connectivity index (χ1) is 13.2. The van der Waals surface area contributed by atoms with Crippen molar-refractivity contribution in [3.05, 3.63) is 60.0 Å². The zero-order chi connectivity index (χ0) is 18.8. The Morgan fingerprint density at radius 1 is 1.15 bits per heavy atom. The molecule has 0 N–H and O–H groups in total. The number of carbonyl (C=O) groups excluding carboxylic acids is 1. The lowest BCUT2D eigenvalue weighted by Gasteiger charge is -2.30. The van der Waals surface area contributed by atoms with E-state index in [-0.39, 0.29) is 11.9 Å². The molecule has 1 amide bonds. The minimum absolute atomic E-state index is 0.0146. The fourth-order valence-corrected chi connectivity index (χ4v) is 3.98. The number of aromatic nitrogens is 2. The normalized spacial score (nSPS) is 17.7. The fraction of sp³-hybridized carbons (Fsp3) is 0.364. The van der Waals surface area contributed by atoms with Crippen LogP contribution in [0.3, 0.4) is 0 Å². The Kier molecular flexibility index (Phi) is 4.84. The molecule has 1 aromatic carbocycles. The molecule has 3 aromatic rings. The molecule has 1 atom stereocenters. The van der Waals surface area contributed by atoms with E-state index >= 15 is 0 Å². The number of aryl methyl sites for hydroxylation is 1. The van der Waals surface area contributed by atoms with Gasteiger partial charge in [0.2, 0.25) is 0 Å². The third kappa shape index (κ3) is 3.42. The molecule has 4 rings (SSSR count). The molecule has 0 aliphatic carbocycles. The van der Waals surface area contributed by atoms with Crippen molar-refractivity contribution in [2.24, 2.45) is 7.05 Å². The van der Waals surface area contributed by atoms with Crippen LogP contribution >= 0.6 is 0 Å². The third-order valence-electron chi connectivity index (χ3n) is 5.45. The van der Waals surface area contributed by atoms with Crippen LogP contribution in [0.4, 0.5) is 0 Å². The summed E-state index contributed by atoms with van der Waals surface area (Å²) in [5.41, 5.74) is 2.51. The number of hydrogen-bond donors (Lipinski definition) is 0. The van der Waals surface area contributed by atoms with E-state index in [0.717, 1.165) is 48.9 Å². The lowest BCUT2D eigenvalue weighted by molar-refractivity contribution is 0.0669. The maximum Gasteiger partial charge on any atom is 0.273 e. The van der Waals surface area contributed by atoms with E-state index in [1.807, 2.05) is 54.5 Å². The fourth-order valence-electron chi connectivity index (χ4n) is 3.98. The molecule has 1 unspecified atom stereocenters. The van der Waals surface area contributed by atoms with Crippen LogP contribution in [0.2, 0.25) is 0 Å². The van der Waals surface area contributed by atoms with Gasteiger partial charge in [-0.3, -0.25) is 4.79 Å². The first-order valence-corrected chi connectivity index (χ1v) is 9.54. The topological polar surface area (TPSA) is 47.4 Å². The molecule has 1 aliphatic heterocycles. The zero-order valence-electron chi connectivity index (χ0n) is 15.9. The average Bonchev–Trinajstić information content (AvgIpc) is 2.98. The smallest absolute Gasteiger partial charge is 0.273 e. The van der Waals surface area contributed by atoms with E-state index in [4.69, 9.17) is 4.74 Å². The van der Waals surface area contributed by atoms with Gasteiger partial charge >= 0.3 is 0 Å². The Morgan fingerprint density at radius 2 is 2.04 bits per heavy atom. The number of ether oxygens (including phenoxy) is 1. The highest BCUT2D eigenvalue weighted by molar-refractivity contribution is 5.95. The Morgan fingerprint density at radius 3 is 2.81 bits per heavy atom. The number of hydrogen-bond acceptors (Lipinski definition) is 3. The quantitative estimate of drug-likeness (QED) is 0.695. The maximum absolute atomic E-state index is 13.4. The van der Waals surface area contributed by atoms with Crippen molar-refractivity contribution in [2.75, 3.05) is 13.7 Å². The van der Waals surface area contributed by atoms with Gasteiger partial charge in [0, 0.05) is 30.9 Å².